The van der Waals surface area contributed by atoms with E-state index in [1.807, 2.05) is 0 Å². The molecule has 26 heavy (non-hydrogen) atoms. The zero-order valence-corrected chi connectivity index (χ0v) is 15.0. The van der Waals surface area contributed by atoms with Gasteiger partial charge in [-0.25, -0.2) is 9.59 Å². The van der Waals surface area contributed by atoms with Crippen molar-refractivity contribution in [2.75, 3.05) is 13.2 Å². The van der Waals surface area contributed by atoms with Crippen LogP contribution in [0.3, 0.4) is 0 Å². The first-order valence-corrected chi connectivity index (χ1v) is 8.08. The van der Waals surface area contributed by atoms with Crippen LogP contribution < -0.4 is 5.32 Å². The highest BCUT2D eigenvalue weighted by atomic mass is 16.6. The largest absolute Gasteiger partial charge is 0.463 e. The number of carbonyl (C=O) groups excluding carboxylic acids is 2. The summed E-state index contributed by atoms with van der Waals surface area (Å²) in [5.41, 5.74) is 1.23. The van der Waals surface area contributed by atoms with Crippen LogP contribution in [0.1, 0.15) is 39.4 Å². The highest BCUT2D eigenvalue weighted by molar-refractivity contribution is 5.99. The number of carbonyl (C=O) groups is 2. The van der Waals surface area contributed by atoms with Crippen molar-refractivity contribution in [3.8, 4) is 0 Å². The Morgan fingerprint density at radius 3 is 2.00 bits per heavy atom. The molecule has 1 aromatic rings. The molecule has 1 aliphatic heterocycles. The maximum absolute atomic E-state index is 12.5. The van der Waals surface area contributed by atoms with Crippen molar-refractivity contribution in [2.45, 2.75) is 33.6 Å². The Morgan fingerprint density at radius 1 is 1.12 bits per heavy atom. The van der Waals surface area contributed by atoms with Crippen LogP contribution in [0.5, 0.6) is 0 Å². The second-order valence-corrected chi connectivity index (χ2v) is 5.51. The highest BCUT2D eigenvalue weighted by Crippen LogP contribution is 2.40. The molecule has 9 heteroatoms. The van der Waals surface area contributed by atoms with E-state index in [4.69, 9.17) is 13.9 Å². The standard InChI is InChI=1S/C17H20N2O7/c1-5-24-16(20)13-9(3)18-10(4)14(17(21)25-6-2)15(13)11-7-8-12(26-11)19(22)23/h7-8,15,18H,5-6H2,1-4H3. The minimum atomic E-state index is -0.969. The zero-order valence-electron chi connectivity index (χ0n) is 15.0. The molecule has 0 aromatic carbocycles. The minimum absolute atomic E-state index is 0.0861. The summed E-state index contributed by atoms with van der Waals surface area (Å²) in [6.07, 6.45) is 0. The lowest BCUT2D eigenvalue weighted by atomic mass is 9.83. The van der Waals surface area contributed by atoms with Crippen molar-refractivity contribution in [3.05, 3.63) is 50.5 Å². The fourth-order valence-electron chi connectivity index (χ4n) is 2.83. The number of nitrogens with zero attached hydrogens (tertiary/aromatic N) is 1. The van der Waals surface area contributed by atoms with E-state index in [1.54, 1.807) is 27.7 Å². The van der Waals surface area contributed by atoms with Gasteiger partial charge in [0.25, 0.3) is 0 Å². The van der Waals surface area contributed by atoms with Gasteiger partial charge in [0, 0.05) is 11.4 Å². The quantitative estimate of drug-likeness (QED) is 0.464. The summed E-state index contributed by atoms with van der Waals surface area (Å²) in [7, 11) is 0. The summed E-state index contributed by atoms with van der Waals surface area (Å²) < 4.78 is 15.5. The van der Waals surface area contributed by atoms with Crippen LogP contribution in [-0.2, 0) is 19.1 Å². The van der Waals surface area contributed by atoms with Gasteiger partial charge in [0.05, 0.1) is 36.3 Å². The number of furan rings is 1. The maximum Gasteiger partial charge on any atom is 0.433 e. The molecule has 2 rings (SSSR count). The topological polar surface area (TPSA) is 121 Å². The SMILES string of the molecule is CCOC(=O)C1=C(C)NC(C)=C(C(=O)OCC)C1c1ccc([N+](=O)[O-])o1. The summed E-state index contributed by atoms with van der Waals surface area (Å²) in [4.78, 5) is 35.3. The minimum Gasteiger partial charge on any atom is -0.463 e. The molecule has 9 nitrogen and oxygen atoms in total. The van der Waals surface area contributed by atoms with Crippen molar-refractivity contribution in [3.63, 3.8) is 0 Å². The summed E-state index contributed by atoms with van der Waals surface area (Å²) in [6, 6.07) is 2.54. The third kappa shape index (κ3) is 3.61. The van der Waals surface area contributed by atoms with Crippen molar-refractivity contribution in [1.82, 2.24) is 5.32 Å². The van der Waals surface area contributed by atoms with Gasteiger partial charge in [0.15, 0.2) is 0 Å². The fraction of sp³-hybridized carbons (Fsp3) is 0.412. The Hall–Kier alpha value is -3.10. The van der Waals surface area contributed by atoms with Crippen LogP contribution in [0.2, 0.25) is 0 Å². The van der Waals surface area contributed by atoms with Gasteiger partial charge in [-0.3, -0.25) is 10.1 Å². The average Bonchev–Trinajstić information content (AvgIpc) is 3.04. The van der Waals surface area contributed by atoms with Gasteiger partial charge in [-0.05, 0) is 33.8 Å². The van der Waals surface area contributed by atoms with Crippen molar-refractivity contribution in [2.24, 2.45) is 0 Å². The monoisotopic (exact) mass is 364 g/mol. The van der Waals surface area contributed by atoms with Gasteiger partial charge in [-0.15, -0.1) is 0 Å². The molecule has 2 heterocycles. The van der Waals surface area contributed by atoms with Crippen molar-refractivity contribution >= 4 is 17.8 Å². The predicted octanol–water partition coefficient (Wildman–Crippen LogP) is 2.55. The van der Waals surface area contributed by atoms with Crippen LogP contribution in [-0.4, -0.2) is 30.1 Å². The van der Waals surface area contributed by atoms with Gasteiger partial charge in [0.1, 0.15) is 10.7 Å². The lowest BCUT2D eigenvalue weighted by Crippen LogP contribution is -2.32. The molecule has 0 unspecified atom stereocenters. The lowest BCUT2D eigenvalue weighted by Gasteiger charge is -2.28. The smallest absolute Gasteiger partial charge is 0.433 e. The Balaban J connectivity index is 2.62. The Morgan fingerprint density at radius 2 is 1.62 bits per heavy atom. The van der Waals surface area contributed by atoms with Crippen molar-refractivity contribution in [1.29, 1.82) is 0 Å². The lowest BCUT2D eigenvalue weighted by molar-refractivity contribution is -0.402. The van der Waals surface area contributed by atoms with Gasteiger partial charge >= 0.3 is 17.8 Å². The van der Waals surface area contributed by atoms with E-state index in [1.165, 1.54) is 12.1 Å². The van der Waals surface area contributed by atoms with E-state index < -0.39 is 28.7 Å². The number of esters is 2. The molecule has 0 bridgehead atoms. The number of nitrogens with one attached hydrogen (secondary N) is 1. The molecule has 0 aliphatic carbocycles. The molecule has 0 radical (unpaired) electrons. The second-order valence-electron chi connectivity index (χ2n) is 5.51. The predicted molar refractivity (Wildman–Crippen MR) is 89.9 cm³/mol. The number of rotatable bonds is 6. The summed E-state index contributed by atoms with van der Waals surface area (Å²) in [5.74, 6) is -2.65. The van der Waals surface area contributed by atoms with Gasteiger partial charge < -0.3 is 19.2 Å². The van der Waals surface area contributed by atoms with E-state index in [2.05, 4.69) is 5.32 Å². The zero-order chi connectivity index (χ0) is 19.4. The maximum atomic E-state index is 12.5. The number of dihydropyridines is 1. The second kappa shape index (κ2) is 7.85. The van der Waals surface area contributed by atoms with Gasteiger partial charge in [0.2, 0.25) is 0 Å². The molecule has 1 N–H and O–H groups in total. The Kier molecular flexibility index (Phi) is 5.81. The molecule has 0 spiro atoms. The molecule has 0 fully saturated rings. The highest BCUT2D eigenvalue weighted by Gasteiger charge is 2.40. The third-order valence-corrected chi connectivity index (χ3v) is 3.83. The summed E-state index contributed by atoms with van der Waals surface area (Å²) >= 11 is 0. The first-order valence-electron chi connectivity index (χ1n) is 8.08. The van der Waals surface area contributed by atoms with E-state index >= 15 is 0 Å². The van der Waals surface area contributed by atoms with E-state index in [-0.39, 0.29) is 30.1 Å². The first-order chi connectivity index (χ1) is 12.3. The van der Waals surface area contributed by atoms with Crippen LogP contribution in [0.25, 0.3) is 0 Å². The number of nitro groups is 1. The Labute approximate surface area is 149 Å². The van der Waals surface area contributed by atoms with Crippen LogP contribution in [0, 0.1) is 10.1 Å². The molecular formula is C17H20N2O7. The molecule has 1 aromatic heterocycles. The summed E-state index contributed by atoms with van der Waals surface area (Å²) in [5, 5.41) is 13.9. The number of allylic oxidation sites excluding steroid dienone is 2. The van der Waals surface area contributed by atoms with E-state index in [0.29, 0.717) is 11.4 Å². The molecule has 140 valence electrons. The van der Waals surface area contributed by atoms with Crippen LogP contribution in [0.15, 0.2) is 39.1 Å². The molecule has 0 amide bonds. The molecular weight excluding hydrogens is 344 g/mol. The third-order valence-electron chi connectivity index (χ3n) is 3.83. The van der Waals surface area contributed by atoms with E-state index in [9.17, 15) is 19.7 Å². The number of ether oxygens (including phenoxy) is 2. The van der Waals surface area contributed by atoms with Crippen molar-refractivity contribution < 1.29 is 28.4 Å². The molecule has 0 atom stereocenters. The number of hydrogen-bond acceptors (Lipinski definition) is 8. The average molecular weight is 364 g/mol. The Bertz CT molecular complexity index is 764. The molecule has 0 saturated heterocycles. The molecule has 1 aliphatic rings. The van der Waals surface area contributed by atoms with E-state index in [0.717, 1.165) is 0 Å². The van der Waals surface area contributed by atoms with Gasteiger partial charge in [-0.1, -0.05) is 0 Å². The van der Waals surface area contributed by atoms with Gasteiger partial charge in [-0.2, -0.15) is 0 Å². The normalized spacial score (nSPS) is 14.9. The summed E-state index contributed by atoms with van der Waals surface area (Å²) in [6.45, 7) is 6.90. The fourth-order valence-corrected chi connectivity index (χ4v) is 2.83. The molecule has 0 saturated carbocycles. The van der Waals surface area contributed by atoms with Crippen LogP contribution in [0.4, 0.5) is 5.88 Å². The number of hydrogen-bond donors (Lipinski definition) is 1. The van der Waals surface area contributed by atoms with Crippen LogP contribution >= 0.6 is 0 Å². The first kappa shape index (κ1) is 19.2.